The van der Waals surface area contributed by atoms with Gasteiger partial charge in [0.25, 0.3) is 0 Å². The van der Waals surface area contributed by atoms with Gasteiger partial charge >= 0.3 is 0 Å². The van der Waals surface area contributed by atoms with Crippen molar-refractivity contribution in [1.82, 2.24) is 5.32 Å². The van der Waals surface area contributed by atoms with E-state index in [1.54, 1.807) is 12.1 Å². The normalized spacial score (nSPS) is 18.4. The van der Waals surface area contributed by atoms with E-state index in [2.05, 4.69) is 11.4 Å². The van der Waals surface area contributed by atoms with Crippen LogP contribution in [-0.4, -0.2) is 26.6 Å². The third-order valence-corrected chi connectivity index (χ3v) is 5.18. The molecule has 0 spiro atoms. The quantitative estimate of drug-likeness (QED) is 0.818. The lowest BCUT2D eigenvalue weighted by molar-refractivity contribution is -0.125. The van der Waals surface area contributed by atoms with Crippen LogP contribution in [0.25, 0.3) is 0 Å². The van der Waals surface area contributed by atoms with E-state index < -0.39 is 9.84 Å². The molecule has 0 saturated heterocycles. The summed E-state index contributed by atoms with van der Waals surface area (Å²) in [6, 6.07) is 9.09. The lowest BCUT2D eigenvalue weighted by Gasteiger charge is -2.17. The summed E-state index contributed by atoms with van der Waals surface area (Å²) >= 11 is 0. The number of amides is 1. The minimum Gasteiger partial charge on any atom is -0.355 e. The molecule has 114 valence electrons. The maximum absolute atomic E-state index is 12.0. The van der Waals surface area contributed by atoms with E-state index in [0.717, 1.165) is 24.8 Å². The monoisotopic (exact) mass is 307 g/mol. The maximum atomic E-state index is 12.0. The van der Waals surface area contributed by atoms with Crippen LogP contribution >= 0.6 is 0 Å². The highest BCUT2D eigenvalue weighted by Gasteiger charge is 2.19. The van der Waals surface area contributed by atoms with Crippen molar-refractivity contribution in [3.05, 3.63) is 48.0 Å². The molecule has 1 N–H and O–H groups in total. The molecule has 0 aliphatic heterocycles. The fourth-order valence-electron chi connectivity index (χ4n) is 2.41. The van der Waals surface area contributed by atoms with E-state index in [0.29, 0.717) is 0 Å². The maximum Gasteiger partial charge on any atom is 0.223 e. The summed E-state index contributed by atoms with van der Waals surface area (Å²) < 4.78 is 24.0. The van der Waals surface area contributed by atoms with Gasteiger partial charge in [-0.3, -0.25) is 4.79 Å². The summed E-state index contributed by atoms with van der Waals surface area (Å²) in [7, 11) is -3.19. The molecule has 2 rings (SSSR count). The first-order valence-corrected chi connectivity index (χ1v) is 9.06. The number of rotatable bonds is 6. The van der Waals surface area contributed by atoms with Crippen molar-refractivity contribution in [2.75, 3.05) is 12.3 Å². The van der Waals surface area contributed by atoms with E-state index in [4.69, 9.17) is 0 Å². The van der Waals surface area contributed by atoms with Crippen LogP contribution in [-0.2, 0) is 20.4 Å². The molecule has 1 aliphatic carbocycles. The standard InChI is InChI=1S/C16H21NO3S/c18-16(15-9-5-2-6-10-15)17-11-12-21(19,20)13-14-7-3-1-4-8-14/h1-5,7-8,15H,6,9-13H2,(H,17,18)/t15-/m1/s1. The number of hydrogen-bond acceptors (Lipinski definition) is 3. The van der Waals surface area contributed by atoms with Gasteiger partial charge in [0.1, 0.15) is 0 Å². The Morgan fingerprint density at radius 1 is 1.19 bits per heavy atom. The fraction of sp³-hybridized carbons (Fsp3) is 0.438. The number of allylic oxidation sites excluding steroid dienone is 2. The van der Waals surface area contributed by atoms with Gasteiger partial charge < -0.3 is 5.32 Å². The van der Waals surface area contributed by atoms with Gasteiger partial charge in [-0.15, -0.1) is 0 Å². The second-order valence-electron chi connectivity index (χ2n) is 5.35. The smallest absolute Gasteiger partial charge is 0.223 e. The zero-order valence-electron chi connectivity index (χ0n) is 12.0. The molecule has 0 heterocycles. The van der Waals surface area contributed by atoms with Crippen molar-refractivity contribution >= 4 is 15.7 Å². The average molecular weight is 307 g/mol. The van der Waals surface area contributed by atoms with Crippen LogP contribution in [0, 0.1) is 5.92 Å². The Morgan fingerprint density at radius 2 is 1.95 bits per heavy atom. The van der Waals surface area contributed by atoms with Crippen molar-refractivity contribution in [2.45, 2.75) is 25.0 Å². The molecule has 4 nitrogen and oxygen atoms in total. The van der Waals surface area contributed by atoms with Crippen molar-refractivity contribution in [3.8, 4) is 0 Å². The third-order valence-electron chi connectivity index (χ3n) is 3.58. The Bertz CT molecular complexity index is 593. The zero-order valence-corrected chi connectivity index (χ0v) is 12.8. The molecule has 0 radical (unpaired) electrons. The second kappa shape index (κ2) is 7.41. The van der Waals surface area contributed by atoms with Gasteiger partial charge in [0.2, 0.25) is 5.91 Å². The predicted octanol–water partition coefficient (Wildman–Crippen LogP) is 2.07. The number of carbonyl (C=O) groups is 1. The van der Waals surface area contributed by atoms with Crippen molar-refractivity contribution in [2.24, 2.45) is 5.92 Å². The van der Waals surface area contributed by atoms with Crippen LogP contribution in [0.3, 0.4) is 0 Å². The van der Waals surface area contributed by atoms with E-state index in [1.807, 2.05) is 24.3 Å². The van der Waals surface area contributed by atoms with Gasteiger partial charge in [0, 0.05) is 12.5 Å². The third kappa shape index (κ3) is 5.34. The van der Waals surface area contributed by atoms with E-state index >= 15 is 0 Å². The Hall–Kier alpha value is -1.62. The molecule has 5 heteroatoms. The molecule has 1 aliphatic rings. The van der Waals surface area contributed by atoms with Crippen LogP contribution in [0.5, 0.6) is 0 Å². The fourth-order valence-corrected chi connectivity index (χ4v) is 3.66. The molecule has 0 saturated carbocycles. The lowest BCUT2D eigenvalue weighted by Crippen LogP contribution is -2.34. The van der Waals surface area contributed by atoms with Crippen LogP contribution in [0.4, 0.5) is 0 Å². The van der Waals surface area contributed by atoms with E-state index in [9.17, 15) is 13.2 Å². The first-order valence-electron chi connectivity index (χ1n) is 7.24. The van der Waals surface area contributed by atoms with Gasteiger partial charge in [-0.25, -0.2) is 8.42 Å². The Balaban J connectivity index is 1.77. The van der Waals surface area contributed by atoms with Gasteiger partial charge in [-0.1, -0.05) is 42.5 Å². The molecule has 1 aromatic carbocycles. The SMILES string of the molecule is O=C(NCCS(=O)(=O)Cc1ccccc1)[C@@H]1CC=CCC1. The van der Waals surface area contributed by atoms with Crippen molar-refractivity contribution in [1.29, 1.82) is 0 Å². The highest BCUT2D eigenvalue weighted by molar-refractivity contribution is 7.90. The summed E-state index contributed by atoms with van der Waals surface area (Å²) in [6.45, 7) is 0.189. The Morgan fingerprint density at radius 3 is 2.62 bits per heavy atom. The summed E-state index contributed by atoms with van der Waals surface area (Å²) in [6.07, 6.45) is 6.61. The number of sulfone groups is 1. The Kier molecular flexibility index (Phi) is 5.56. The highest BCUT2D eigenvalue weighted by Crippen LogP contribution is 2.17. The molecule has 1 aromatic rings. The van der Waals surface area contributed by atoms with Crippen LogP contribution in [0.15, 0.2) is 42.5 Å². The molecule has 21 heavy (non-hydrogen) atoms. The van der Waals surface area contributed by atoms with Gasteiger partial charge in [-0.2, -0.15) is 0 Å². The number of hydrogen-bond donors (Lipinski definition) is 1. The Labute approximate surface area is 126 Å². The topological polar surface area (TPSA) is 63.2 Å². The molecule has 1 atom stereocenters. The molecule has 0 fully saturated rings. The molecular weight excluding hydrogens is 286 g/mol. The van der Waals surface area contributed by atoms with E-state index in [-0.39, 0.29) is 29.9 Å². The first kappa shape index (κ1) is 15.8. The van der Waals surface area contributed by atoms with Crippen LogP contribution in [0.2, 0.25) is 0 Å². The predicted molar refractivity (Wildman–Crippen MR) is 83.4 cm³/mol. The number of nitrogens with one attached hydrogen (secondary N) is 1. The van der Waals surface area contributed by atoms with Gasteiger partial charge in [0.05, 0.1) is 11.5 Å². The zero-order chi connectivity index (χ0) is 15.1. The second-order valence-corrected chi connectivity index (χ2v) is 7.53. The summed E-state index contributed by atoms with van der Waals surface area (Å²) in [4.78, 5) is 11.9. The number of benzene rings is 1. The van der Waals surface area contributed by atoms with Crippen molar-refractivity contribution < 1.29 is 13.2 Å². The highest BCUT2D eigenvalue weighted by atomic mass is 32.2. The van der Waals surface area contributed by atoms with E-state index in [1.165, 1.54) is 0 Å². The van der Waals surface area contributed by atoms with Crippen LogP contribution < -0.4 is 5.32 Å². The molecular formula is C16H21NO3S. The lowest BCUT2D eigenvalue weighted by atomic mass is 9.94. The van der Waals surface area contributed by atoms with Crippen molar-refractivity contribution in [3.63, 3.8) is 0 Å². The van der Waals surface area contributed by atoms with Gasteiger partial charge in [0.15, 0.2) is 9.84 Å². The average Bonchev–Trinajstić information content (AvgIpc) is 2.48. The summed E-state index contributed by atoms with van der Waals surface area (Å²) in [5.74, 6) is -0.0346. The largest absolute Gasteiger partial charge is 0.355 e. The molecule has 0 unspecified atom stereocenters. The minimum absolute atomic E-state index is 0.00757. The van der Waals surface area contributed by atoms with Crippen LogP contribution in [0.1, 0.15) is 24.8 Å². The van der Waals surface area contributed by atoms with Gasteiger partial charge in [-0.05, 0) is 24.8 Å². The summed E-state index contributed by atoms with van der Waals surface area (Å²) in [5, 5.41) is 2.74. The molecule has 0 bridgehead atoms. The summed E-state index contributed by atoms with van der Waals surface area (Å²) in [5.41, 5.74) is 0.779. The molecule has 0 aromatic heterocycles. The first-order chi connectivity index (χ1) is 10.1. The minimum atomic E-state index is -3.19. The number of carbonyl (C=O) groups excluding carboxylic acids is 1. The molecule has 1 amide bonds.